The van der Waals surface area contributed by atoms with E-state index in [9.17, 15) is 0 Å². The Morgan fingerprint density at radius 2 is 0.515 bits per heavy atom. The Hall–Kier alpha value is -17.6. The molecule has 6 heterocycles. The summed E-state index contributed by atoms with van der Waals surface area (Å²) in [7, 11) is 0. The van der Waals surface area contributed by atoms with Crippen LogP contribution in [0.5, 0.6) is 0 Å². The first kappa shape index (κ1) is 72.8. The van der Waals surface area contributed by atoms with E-state index < -0.39 is 0 Å². The highest BCUT2D eigenvalue weighted by molar-refractivity contribution is 6.23. The van der Waals surface area contributed by atoms with Gasteiger partial charge >= 0.3 is 0 Å². The number of fused-ring (bicyclic) bond motifs is 21. The van der Waals surface area contributed by atoms with Crippen LogP contribution in [0.4, 0.5) is 0 Å². The lowest BCUT2D eigenvalue weighted by Crippen LogP contribution is -2.02. The fraction of sp³-hybridized carbons (Fsp3) is 0. The lowest BCUT2D eigenvalue weighted by molar-refractivity contribution is 0.669. The van der Waals surface area contributed by atoms with Crippen molar-refractivity contribution in [2.75, 3.05) is 0 Å². The molecule has 0 aliphatic heterocycles. The van der Waals surface area contributed by atoms with Gasteiger partial charge < -0.3 is 18.0 Å². The first-order valence-corrected chi connectivity index (χ1v) is 44.0. The third-order valence-corrected chi connectivity index (χ3v) is 26.5. The van der Waals surface area contributed by atoms with E-state index in [2.05, 4.69) is 422 Å². The first-order chi connectivity index (χ1) is 64.3. The van der Waals surface area contributed by atoms with E-state index in [-0.39, 0.29) is 0 Å². The minimum Gasteiger partial charge on any atom is -0.455 e. The normalized spacial score (nSPS) is 12.0. The highest BCUT2D eigenvalue weighted by atomic mass is 16.3. The highest BCUT2D eigenvalue weighted by Crippen LogP contribution is 2.48. The van der Waals surface area contributed by atoms with Gasteiger partial charge in [0.25, 0.3) is 0 Å². The third-order valence-electron chi connectivity index (χ3n) is 26.5. The zero-order chi connectivity index (χ0) is 85.2. The molecule has 0 spiro atoms. The summed E-state index contributed by atoms with van der Waals surface area (Å²) in [6.45, 7) is 0. The maximum atomic E-state index is 7.29. The number of hydrogen-bond donors (Lipinski definition) is 0. The minimum absolute atomic E-state index is 0.488. The van der Waals surface area contributed by atoms with E-state index in [1.165, 1.54) is 26.9 Å². The van der Waals surface area contributed by atoms with Gasteiger partial charge in [0, 0.05) is 82.1 Å². The van der Waals surface area contributed by atoms with Crippen LogP contribution in [0.3, 0.4) is 0 Å². The van der Waals surface area contributed by atoms with Crippen molar-refractivity contribution in [3.8, 4) is 124 Å². The van der Waals surface area contributed by atoms with Crippen molar-refractivity contribution in [2.24, 2.45) is 0 Å². The Kier molecular flexibility index (Phi) is 16.2. The molecule has 0 bridgehead atoms. The van der Waals surface area contributed by atoms with Crippen molar-refractivity contribution in [2.45, 2.75) is 0 Å². The molecule has 27 rings (SSSR count). The molecule has 0 amide bonds. The van der Waals surface area contributed by atoms with Gasteiger partial charge in [-0.2, -0.15) is 0 Å². The van der Waals surface area contributed by atoms with Crippen molar-refractivity contribution in [3.05, 3.63) is 425 Å². The fourth-order valence-electron chi connectivity index (χ4n) is 20.2. The zero-order valence-corrected chi connectivity index (χ0v) is 69.8. The summed E-state index contributed by atoms with van der Waals surface area (Å²) >= 11 is 0. The summed E-state index contributed by atoms with van der Waals surface area (Å²) in [6, 6.07) is 152. The Labute approximate surface area is 743 Å². The van der Waals surface area contributed by atoms with Gasteiger partial charge in [-0.15, -0.1) is 0 Å². The Bertz CT molecular complexity index is 9450. The molecule has 0 fully saturated rings. The number of benzene rings is 21. The van der Waals surface area contributed by atoms with Gasteiger partial charge in [0.05, 0.1) is 33.2 Å². The van der Waals surface area contributed by atoms with Crippen molar-refractivity contribution in [3.63, 3.8) is 0 Å². The third kappa shape index (κ3) is 11.9. The van der Waals surface area contributed by atoms with Gasteiger partial charge in [-0.3, -0.25) is 0 Å². The quantitative estimate of drug-likeness (QED) is 0.111. The number of nitrogens with zero attached hydrogens (tertiary/aromatic N) is 8. The molecule has 0 saturated heterocycles. The number of aromatic nitrogens is 8. The topological polar surface area (TPSA) is 113 Å². The van der Waals surface area contributed by atoms with E-state index in [1.807, 2.05) is 12.1 Å². The van der Waals surface area contributed by atoms with E-state index in [0.29, 0.717) is 46.1 Å². The second-order valence-corrected chi connectivity index (χ2v) is 34.0. The average molecular weight is 1660 g/mol. The van der Waals surface area contributed by atoms with Crippen molar-refractivity contribution >= 4 is 152 Å². The van der Waals surface area contributed by atoms with Crippen LogP contribution in [0.25, 0.3) is 276 Å². The molecular formula is C120H70N8O2. The second kappa shape index (κ2) is 29.0. The van der Waals surface area contributed by atoms with Gasteiger partial charge in [-0.1, -0.05) is 322 Å². The van der Waals surface area contributed by atoms with Crippen LogP contribution in [-0.4, -0.2) is 39.0 Å². The van der Waals surface area contributed by atoms with Crippen LogP contribution in [0.1, 0.15) is 0 Å². The molecule has 0 saturated carbocycles. The molecule has 0 unspecified atom stereocenters. The minimum atomic E-state index is 0.488. The monoisotopic (exact) mass is 1650 g/mol. The molecule has 602 valence electrons. The van der Waals surface area contributed by atoms with Crippen molar-refractivity contribution in [1.29, 1.82) is 0 Å². The predicted octanol–water partition coefficient (Wildman–Crippen LogP) is 31.6. The Balaban J connectivity index is 0.580. The molecular weight excluding hydrogens is 1590 g/mol. The Morgan fingerprint density at radius 3 is 1.09 bits per heavy atom. The molecule has 0 aliphatic rings. The zero-order valence-electron chi connectivity index (χ0n) is 69.8. The van der Waals surface area contributed by atoms with Gasteiger partial charge in [-0.25, -0.2) is 29.9 Å². The number of furan rings is 2. The molecule has 6 aromatic heterocycles. The van der Waals surface area contributed by atoms with Gasteiger partial charge in [0.15, 0.2) is 34.9 Å². The number of hydrogen-bond acceptors (Lipinski definition) is 8. The molecule has 0 N–H and O–H groups in total. The van der Waals surface area contributed by atoms with E-state index >= 15 is 0 Å². The van der Waals surface area contributed by atoms with Crippen molar-refractivity contribution in [1.82, 2.24) is 39.0 Å². The smallest absolute Gasteiger partial charge is 0.167 e. The summed E-state index contributed by atoms with van der Waals surface area (Å²) in [5, 5.41) is 22.1. The molecule has 10 nitrogen and oxygen atoms in total. The largest absolute Gasteiger partial charge is 0.455 e. The highest BCUT2D eigenvalue weighted by Gasteiger charge is 2.28. The van der Waals surface area contributed by atoms with Crippen LogP contribution in [0, 0.1) is 0 Å². The summed E-state index contributed by atoms with van der Waals surface area (Å²) in [4.78, 5) is 33.1. The predicted molar refractivity (Wildman–Crippen MR) is 536 cm³/mol. The molecule has 10 heteroatoms. The van der Waals surface area contributed by atoms with Crippen molar-refractivity contribution < 1.29 is 8.83 Å². The average Bonchev–Trinajstić information content (AvgIpc) is 1.56. The van der Waals surface area contributed by atoms with Crippen LogP contribution in [0.15, 0.2) is 433 Å². The van der Waals surface area contributed by atoms with E-state index in [4.69, 9.17) is 38.7 Å². The lowest BCUT2D eigenvalue weighted by atomic mass is 9.97. The summed E-state index contributed by atoms with van der Waals surface area (Å²) in [5.41, 5.74) is 22.7. The molecule has 0 aliphatic carbocycles. The molecule has 27 aromatic rings. The number of rotatable bonds is 12. The van der Waals surface area contributed by atoms with Gasteiger partial charge in [0.1, 0.15) is 22.3 Å². The van der Waals surface area contributed by atoms with Gasteiger partial charge in [0.2, 0.25) is 0 Å². The van der Waals surface area contributed by atoms with Crippen LogP contribution >= 0.6 is 0 Å². The Morgan fingerprint density at radius 1 is 0.162 bits per heavy atom. The van der Waals surface area contributed by atoms with Crippen LogP contribution in [0.2, 0.25) is 0 Å². The summed E-state index contributed by atoms with van der Waals surface area (Å²) in [6.07, 6.45) is 0. The summed E-state index contributed by atoms with van der Waals surface area (Å²) in [5.74, 6) is 3.15. The first-order valence-electron chi connectivity index (χ1n) is 44.0. The van der Waals surface area contributed by atoms with E-state index in [0.717, 1.165) is 203 Å². The van der Waals surface area contributed by atoms with Gasteiger partial charge in [-0.05, 0) is 207 Å². The molecule has 130 heavy (non-hydrogen) atoms. The maximum Gasteiger partial charge on any atom is 0.167 e. The summed E-state index contributed by atoms with van der Waals surface area (Å²) < 4.78 is 19.3. The van der Waals surface area contributed by atoms with Crippen LogP contribution in [-0.2, 0) is 0 Å². The van der Waals surface area contributed by atoms with E-state index in [1.54, 1.807) is 0 Å². The number of para-hydroxylation sites is 2. The standard InChI is InChI=1S/C120H70N8O2/c1-3-22-71(23-4-1)78-31-19-34-86(58-78)115-121-116(124-119(123-115)104-69-91(67-102-99-56-52-77-28-11-14-39-96(77)112(99)130-113(102)104)127-106-42-17-15-40-97(106)100-63-81-29-7-8-30-82(81)65-108(100)127)88-36-21-33-80(60-88)73-44-46-74(47-45-73)83-49-50-84-66-109-101(64-90(84)61-83)98-41-16-18-43-107(98)128(109)92-68-103-111-95-38-13-10-27-76(95)54-57-110(111)129-114(103)105(70-92)120-125-117(87-35-20-32-79(59-87)72-24-5-2-6-25-72)122-118(126-120)89-53-55-94-85(62-89)51-48-75-26-9-12-37-93(75)94/h1-70H. The lowest BCUT2D eigenvalue weighted by Gasteiger charge is -2.14. The maximum absolute atomic E-state index is 7.29. The fourth-order valence-corrected chi connectivity index (χ4v) is 20.2. The molecule has 0 radical (unpaired) electrons. The SMILES string of the molecule is c1ccc(-c2cccc(-c3nc(-c4cccc(-c5ccc(-c6ccc7cc8c(cc7c6)c6ccccc6n8-c6cc(-c7nc(-c8cccc(-c9ccccc9)c8)nc(-c8ccc9c(ccc%10ccccc%109)c8)n7)c7oc8ccc9ccccc9c8c7c6)cc5)c4)nc(-c4cc(-n5c6ccccc6c6cc7ccccc7cc65)cc5c4oc4c6ccccc6ccc54)n3)c2)cc1. The molecule has 0 atom stereocenters. The second-order valence-electron chi connectivity index (χ2n) is 34.0. The molecule has 21 aromatic carbocycles. The van der Waals surface area contributed by atoms with Crippen LogP contribution < -0.4 is 0 Å².